The molecule has 0 bridgehead atoms. The van der Waals surface area contributed by atoms with E-state index in [4.69, 9.17) is 14.2 Å². The summed E-state index contributed by atoms with van der Waals surface area (Å²) in [5.74, 6) is 0. The van der Waals surface area contributed by atoms with Gasteiger partial charge in [0, 0.05) is 12.7 Å². The predicted octanol–water partition coefficient (Wildman–Crippen LogP) is 0.636. The number of nitrogens with one attached hydrogen (secondary N) is 1. The molecule has 0 saturated carbocycles. The Balaban J connectivity index is 1.74. The molecule has 1 aromatic rings. The monoisotopic (exact) mass is 300 g/mol. The molecule has 0 spiro atoms. The lowest BCUT2D eigenvalue weighted by Crippen LogP contribution is -2.21. The van der Waals surface area contributed by atoms with Gasteiger partial charge < -0.3 is 19.5 Å². The van der Waals surface area contributed by atoms with Crippen LogP contribution in [0.2, 0.25) is 0 Å². The summed E-state index contributed by atoms with van der Waals surface area (Å²) in [6.45, 7) is 10.5. The first-order chi connectivity index (χ1) is 10.3. The van der Waals surface area contributed by atoms with Gasteiger partial charge in [0.2, 0.25) is 0 Å². The van der Waals surface area contributed by atoms with Gasteiger partial charge in [0.25, 0.3) is 0 Å². The van der Waals surface area contributed by atoms with Crippen molar-refractivity contribution in [2.45, 2.75) is 26.8 Å². The number of aromatic nitrogens is 3. The number of hydrogen-bond donors (Lipinski definition) is 1. The molecule has 1 aromatic heterocycles. The van der Waals surface area contributed by atoms with E-state index in [0.29, 0.717) is 39.6 Å². The van der Waals surface area contributed by atoms with Gasteiger partial charge in [-0.3, -0.25) is 0 Å². The molecule has 0 aliphatic rings. The molecule has 1 heterocycles. The maximum absolute atomic E-state index is 5.45. The Bertz CT molecular complexity index is 347. The van der Waals surface area contributed by atoms with E-state index in [9.17, 15) is 0 Å². The summed E-state index contributed by atoms with van der Waals surface area (Å²) >= 11 is 0. The minimum Gasteiger partial charge on any atom is -0.378 e. The Hall–Kier alpha value is -1.02. The van der Waals surface area contributed by atoms with Crippen molar-refractivity contribution in [1.29, 1.82) is 0 Å². The zero-order valence-electron chi connectivity index (χ0n) is 13.2. The molecular weight excluding hydrogens is 272 g/mol. The lowest BCUT2D eigenvalue weighted by Gasteiger charge is -2.07. The van der Waals surface area contributed by atoms with Crippen LogP contribution in [0.15, 0.2) is 6.20 Å². The van der Waals surface area contributed by atoms with Gasteiger partial charge in [-0.2, -0.15) is 0 Å². The highest BCUT2D eigenvalue weighted by atomic mass is 16.5. The summed E-state index contributed by atoms with van der Waals surface area (Å²) < 4.78 is 18.1. The summed E-state index contributed by atoms with van der Waals surface area (Å²) in [6, 6.07) is 0. The lowest BCUT2D eigenvalue weighted by molar-refractivity contribution is 0.0133. The Morgan fingerprint density at radius 1 is 1.00 bits per heavy atom. The van der Waals surface area contributed by atoms with E-state index >= 15 is 0 Å². The third-order valence-corrected chi connectivity index (χ3v) is 2.71. The highest BCUT2D eigenvalue weighted by Crippen LogP contribution is 1.89. The van der Waals surface area contributed by atoms with Crippen molar-refractivity contribution in [1.82, 2.24) is 20.3 Å². The SMILES string of the molecule is CCCNCCOCCOCCOCCn1cc(C)nn1. The van der Waals surface area contributed by atoms with Crippen molar-refractivity contribution in [2.75, 3.05) is 52.7 Å². The van der Waals surface area contributed by atoms with E-state index in [0.717, 1.165) is 31.8 Å². The van der Waals surface area contributed by atoms with Gasteiger partial charge in [0.15, 0.2) is 0 Å². The summed E-state index contributed by atoms with van der Waals surface area (Å²) in [5.41, 5.74) is 0.920. The molecule has 0 saturated heterocycles. The molecule has 0 fully saturated rings. The van der Waals surface area contributed by atoms with Gasteiger partial charge in [-0.05, 0) is 19.9 Å². The molecular formula is C14H28N4O3. The third kappa shape index (κ3) is 10.4. The lowest BCUT2D eigenvalue weighted by atomic mass is 10.5. The second kappa shape index (κ2) is 12.7. The van der Waals surface area contributed by atoms with E-state index in [2.05, 4.69) is 22.6 Å². The van der Waals surface area contributed by atoms with Crippen molar-refractivity contribution >= 4 is 0 Å². The van der Waals surface area contributed by atoms with E-state index < -0.39 is 0 Å². The van der Waals surface area contributed by atoms with Crippen LogP contribution in [-0.4, -0.2) is 67.7 Å². The summed E-state index contributed by atoms with van der Waals surface area (Å²) in [7, 11) is 0. The first kappa shape index (κ1) is 18.0. The molecule has 0 unspecified atom stereocenters. The van der Waals surface area contributed by atoms with Crippen LogP contribution >= 0.6 is 0 Å². The van der Waals surface area contributed by atoms with Crippen LogP contribution in [0.4, 0.5) is 0 Å². The van der Waals surface area contributed by atoms with Crippen LogP contribution in [0, 0.1) is 6.92 Å². The van der Waals surface area contributed by atoms with Gasteiger partial charge in [-0.25, -0.2) is 4.68 Å². The van der Waals surface area contributed by atoms with Gasteiger partial charge in [-0.1, -0.05) is 12.1 Å². The highest BCUT2D eigenvalue weighted by Gasteiger charge is 1.96. The average molecular weight is 300 g/mol. The standard InChI is InChI=1S/C14H28N4O3/c1-3-4-15-5-7-19-9-11-21-12-10-20-8-6-18-13-14(2)16-17-18/h13,15H,3-12H2,1-2H3. The second-order valence-corrected chi connectivity index (χ2v) is 4.71. The van der Waals surface area contributed by atoms with Crippen molar-refractivity contribution < 1.29 is 14.2 Å². The maximum Gasteiger partial charge on any atom is 0.0796 e. The van der Waals surface area contributed by atoms with Crippen LogP contribution in [0.25, 0.3) is 0 Å². The minimum absolute atomic E-state index is 0.589. The Labute approximate surface area is 126 Å². The van der Waals surface area contributed by atoms with Gasteiger partial charge in [-0.15, -0.1) is 5.10 Å². The molecule has 7 heteroatoms. The Kier molecular flexibility index (Phi) is 10.9. The largest absolute Gasteiger partial charge is 0.378 e. The van der Waals surface area contributed by atoms with Crippen LogP contribution in [0.3, 0.4) is 0 Å². The fraction of sp³-hybridized carbons (Fsp3) is 0.857. The van der Waals surface area contributed by atoms with Crippen molar-refractivity contribution in [3.8, 4) is 0 Å². The molecule has 0 atom stereocenters. The van der Waals surface area contributed by atoms with E-state index in [1.165, 1.54) is 0 Å². The highest BCUT2D eigenvalue weighted by molar-refractivity contribution is 4.86. The van der Waals surface area contributed by atoms with Crippen molar-refractivity contribution in [2.24, 2.45) is 0 Å². The zero-order valence-corrected chi connectivity index (χ0v) is 13.2. The normalized spacial score (nSPS) is 11.1. The number of aryl methyl sites for hydroxylation is 1. The third-order valence-electron chi connectivity index (χ3n) is 2.71. The fourth-order valence-corrected chi connectivity index (χ4v) is 1.65. The smallest absolute Gasteiger partial charge is 0.0796 e. The molecule has 1 N–H and O–H groups in total. The first-order valence-corrected chi connectivity index (χ1v) is 7.63. The van der Waals surface area contributed by atoms with E-state index in [-0.39, 0.29) is 0 Å². The Morgan fingerprint density at radius 2 is 1.67 bits per heavy atom. The van der Waals surface area contributed by atoms with E-state index in [1.54, 1.807) is 4.68 Å². The molecule has 21 heavy (non-hydrogen) atoms. The number of ether oxygens (including phenoxy) is 3. The summed E-state index contributed by atoms with van der Waals surface area (Å²) in [5, 5.41) is 11.1. The molecule has 0 aromatic carbocycles. The predicted molar refractivity (Wildman–Crippen MR) is 80.4 cm³/mol. The molecule has 0 radical (unpaired) electrons. The van der Waals surface area contributed by atoms with Crippen LogP contribution < -0.4 is 5.32 Å². The average Bonchev–Trinajstić information content (AvgIpc) is 2.89. The van der Waals surface area contributed by atoms with Gasteiger partial charge in [0.05, 0.1) is 51.9 Å². The molecule has 1 rings (SSSR count). The molecule has 122 valence electrons. The molecule has 0 aliphatic carbocycles. The van der Waals surface area contributed by atoms with Crippen LogP contribution in [0.1, 0.15) is 19.0 Å². The zero-order chi connectivity index (χ0) is 15.2. The minimum atomic E-state index is 0.589. The number of rotatable bonds is 14. The fourth-order valence-electron chi connectivity index (χ4n) is 1.65. The topological polar surface area (TPSA) is 70.4 Å². The summed E-state index contributed by atoms with van der Waals surface area (Å²) in [6.07, 6.45) is 3.05. The van der Waals surface area contributed by atoms with E-state index in [1.807, 2.05) is 13.1 Å². The number of nitrogens with zero attached hydrogens (tertiary/aromatic N) is 3. The number of hydrogen-bond acceptors (Lipinski definition) is 6. The maximum atomic E-state index is 5.45. The van der Waals surface area contributed by atoms with Crippen LogP contribution in [-0.2, 0) is 20.8 Å². The first-order valence-electron chi connectivity index (χ1n) is 7.63. The molecule has 0 amide bonds. The summed E-state index contributed by atoms with van der Waals surface area (Å²) in [4.78, 5) is 0. The molecule has 7 nitrogen and oxygen atoms in total. The van der Waals surface area contributed by atoms with Gasteiger partial charge >= 0.3 is 0 Å². The van der Waals surface area contributed by atoms with Crippen molar-refractivity contribution in [3.63, 3.8) is 0 Å². The Morgan fingerprint density at radius 3 is 2.29 bits per heavy atom. The quantitative estimate of drug-likeness (QED) is 0.508. The molecule has 0 aliphatic heterocycles. The van der Waals surface area contributed by atoms with Gasteiger partial charge in [0.1, 0.15) is 0 Å². The van der Waals surface area contributed by atoms with Crippen molar-refractivity contribution in [3.05, 3.63) is 11.9 Å². The van der Waals surface area contributed by atoms with Crippen LogP contribution in [0.5, 0.6) is 0 Å². The second-order valence-electron chi connectivity index (χ2n) is 4.71.